The van der Waals surface area contributed by atoms with Crippen LogP contribution in [0.5, 0.6) is 0 Å². The molecule has 0 bridgehead atoms. The molecular weight excluding hydrogens is 372 g/mol. The third-order valence-electron chi connectivity index (χ3n) is 5.77. The first-order valence-corrected chi connectivity index (χ1v) is 10.5. The van der Waals surface area contributed by atoms with Crippen molar-refractivity contribution in [3.63, 3.8) is 0 Å². The zero-order valence-electron chi connectivity index (χ0n) is 17.5. The summed E-state index contributed by atoms with van der Waals surface area (Å²) in [6, 6.07) is 9.03. The lowest BCUT2D eigenvalue weighted by Gasteiger charge is -2.30. The highest BCUT2D eigenvalue weighted by molar-refractivity contribution is 6.09. The maximum absolute atomic E-state index is 5.89. The second-order valence-electron chi connectivity index (χ2n) is 8.25. The van der Waals surface area contributed by atoms with Crippen molar-refractivity contribution < 1.29 is 0 Å². The minimum atomic E-state index is 0.471. The average Bonchev–Trinajstić information content (AvgIpc) is 3.58. The van der Waals surface area contributed by atoms with E-state index in [1.165, 1.54) is 24.0 Å². The number of nitrogens with two attached hydrogens (primary N) is 1. The molecule has 3 aromatic rings. The Kier molecular flexibility index (Phi) is 4.69. The second-order valence-corrected chi connectivity index (χ2v) is 8.25. The lowest BCUT2D eigenvalue weighted by atomic mass is 10.0. The Morgan fingerprint density at radius 1 is 1.20 bits per heavy atom. The van der Waals surface area contributed by atoms with Crippen LogP contribution in [0.1, 0.15) is 41.1 Å². The van der Waals surface area contributed by atoms with E-state index in [1.54, 1.807) is 6.20 Å². The molecule has 0 amide bonds. The summed E-state index contributed by atoms with van der Waals surface area (Å²) < 4.78 is 0. The third-order valence-corrected chi connectivity index (χ3v) is 5.77. The van der Waals surface area contributed by atoms with Gasteiger partial charge in [0.25, 0.3) is 0 Å². The highest BCUT2D eigenvalue weighted by Crippen LogP contribution is 2.30. The van der Waals surface area contributed by atoms with Gasteiger partial charge in [0, 0.05) is 60.3 Å². The van der Waals surface area contributed by atoms with E-state index in [0.717, 1.165) is 58.9 Å². The molecule has 1 aliphatic carbocycles. The van der Waals surface area contributed by atoms with Crippen molar-refractivity contribution in [2.75, 3.05) is 11.4 Å². The summed E-state index contributed by atoms with van der Waals surface area (Å²) in [6.45, 7) is 5.72. The van der Waals surface area contributed by atoms with Crippen LogP contribution in [0.15, 0.2) is 41.7 Å². The van der Waals surface area contributed by atoms with Gasteiger partial charge in [-0.3, -0.25) is 9.98 Å². The molecule has 1 saturated carbocycles. The van der Waals surface area contributed by atoms with Gasteiger partial charge in [0.1, 0.15) is 11.6 Å². The summed E-state index contributed by atoms with van der Waals surface area (Å²) in [5.41, 5.74) is 12.4. The Morgan fingerprint density at radius 2 is 2.07 bits per heavy atom. The lowest BCUT2D eigenvalue weighted by molar-refractivity contribution is 0.703. The minimum absolute atomic E-state index is 0.471. The second kappa shape index (κ2) is 7.52. The molecule has 3 heterocycles. The standard InChI is InChI=1S/C24H26N6/c1-15-3-6-23-21(9-15)24(29-16(2)28-23)30-8-7-22-18(14-30)10-17(12-27-22)19(11-25)13-26-20-4-5-20/h3,6,9-13,20H,4-5,7-8,14,25H2,1-2H3/b19-11+,26-13?. The normalized spacial score (nSPS) is 17.0. The molecule has 0 spiro atoms. The molecule has 1 aromatic carbocycles. The van der Waals surface area contributed by atoms with Gasteiger partial charge in [0.05, 0.1) is 11.6 Å². The number of aliphatic imine (C=N–C) groups is 1. The van der Waals surface area contributed by atoms with Gasteiger partial charge < -0.3 is 10.6 Å². The van der Waals surface area contributed by atoms with Crippen LogP contribution in [0.25, 0.3) is 16.5 Å². The van der Waals surface area contributed by atoms with E-state index in [2.05, 4.69) is 46.1 Å². The number of aromatic nitrogens is 3. The number of allylic oxidation sites excluding steroid dienone is 1. The molecule has 2 aliphatic rings. The summed E-state index contributed by atoms with van der Waals surface area (Å²) in [7, 11) is 0. The van der Waals surface area contributed by atoms with Gasteiger partial charge in [0.2, 0.25) is 0 Å². The van der Waals surface area contributed by atoms with Gasteiger partial charge in [-0.25, -0.2) is 9.97 Å². The van der Waals surface area contributed by atoms with E-state index in [4.69, 9.17) is 15.7 Å². The highest BCUT2D eigenvalue weighted by atomic mass is 15.2. The van der Waals surface area contributed by atoms with Crippen molar-refractivity contribution in [1.29, 1.82) is 0 Å². The Bertz CT molecular complexity index is 1180. The monoisotopic (exact) mass is 398 g/mol. The van der Waals surface area contributed by atoms with Crippen LogP contribution in [0.4, 0.5) is 5.82 Å². The van der Waals surface area contributed by atoms with Crippen LogP contribution in [-0.2, 0) is 13.0 Å². The number of pyridine rings is 1. The van der Waals surface area contributed by atoms with Gasteiger partial charge in [-0.15, -0.1) is 0 Å². The Morgan fingerprint density at radius 3 is 2.87 bits per heavy atom. The van der Waals surface area contributed by atoms with Crippen LogP contribution in [0, 0.1) is 13.8 Å². The van der Waals surface area contributed by atoms with E-state index in [9.17, 15) is 0 Å². The van der Waals surface area contributed by atoms with E-state index in [1.807, 2.05) is 19.3 Å². The Balaban J connectivity index is 1.49. The molecule has 6 nitrogen and oxygen atoms in total. The summed E-state index contributed by atoms with van der Waals surface area (Å²) in [6.07, 6.45) is 8.68. The number of rotatable bonds is 4. The molecule has 0 atom stereocenters. The van der Waals surface area contributed by atoms with Crippen molar-refractivity contribution in [3.05, 3.63) is 64.9 Å². The zero-order chi connectivity index (χ0) is 20.7. The molecule has 0 saturated heterocycles. The van der Waals surface area contributed by atoms with Crippen molar-refractivity contribution >= 4 is 28.5 Å². The van der Waals surface area contributed by atoms with E-state index in [0.29, 0.717) is 6.04 Å². The van der Waals surface area contributed by atoms with Crippen molar-refractivity contribution in [3.8, 4) is 0 Å². The first-order valence-electron chi connectivity index (χ1n) is 10.5. The SMILES string of the molecule is Cc1ccc2nc(C)nc(N3CCc4ncc(/C(C=NC5CC5)=C/N)cc4C3)c2c1. The lowest BCUT2D eigenvalue weighted by Crippen LogP contribution is -2.32. The minimum Gasteiger partial charge on any atom is -0.404 e. The number of hydrogen-bond acceptors (Lipinski definition) is 6. The van der Waals surface area contributed by atoms with Crippen molar-refractivity contribution in [2.24, 2.45) is 10.7 Å². The summed E-state index contributed by atoms with van der Waals surface area (Å²) in [5.74, 6) is 1.80. The average molecular weight is 399 g/mol. The number of aryl methyl sites for hydroxylation is 2. The molecule has 152 valence electrons. The van der Waals surface area contributed by atoms with Crippen LogP contribution in [0.3, 0.4) is 0 Å². The maximum Gasteiger partial charge on any atom is 0.140 e. The smallest absolute Gasteiger partial charge is 0.140 e. The molecule has 5 rings (SSSR count). The predicted octanol–water partition coefficient (Wildman–Crippen LogP) is 3.74. The van der Waals surface area contributed by atoms with Crippen LogP contribution < -0.4 is 10.6 Å². The molecule has 30 heavy (non-hydrogen) atoms. The Labute approximate surface area is 176 Å². The molecular formula is C24H26N6. The molecule has 0 radical (unpaired) electrons. The fourth-order valence-electron chi connectivity index (χ4n) is 3.97. The fourth-order valence-corrected chi connectivity index (χ4v) is 3.97. The summed E-state index contributed by atoms with van der Waals surface area (Å²) >= 11 is 0. The quantitative estimate of drug-likeness (QED) is 0.677. The molecule has 1 aliphatic heterocycles. The fraction of sp³-hybridized carbons (Fsp3) is 0.333. The molecule has 2 N–H and O–H groups in total. The predicted molar refractivity (Wildman–Crippen MR) is 122 cm³/mol. The van der Waals surface area contributed by atoms with Gasteiger partial charge in [-0.05, 0) is 50.5 Å². The van der Waals surface area contributed by atoms with E-state index in [-0.39, 0.29) is 0 Å². The number of benzene rings is 1. The first kappa shape index (κ1) is 18.7. The third kappa shape index (κ3) is 3.65. The van der Waals surface area contributed by atoms with Gasteiger partial charge in [0.15, 0.2) is 0 Å². The van der Waals surface area contributed by atoms with Crippen molar-refractivity contribution in [2.45, 2.75) is 45.7 Å². The van der Waals surface area contributed by atoms with Gasteiger partial charge >= 0.3 is 0 Å². The van der Waals surface area contributed by atoms with Gasteiger partial charge in [-0.2, -0.15) is 0 Å². The van der Waals surface area contributed by atoms with E-state index < -0.39 is 0 Å². The largest absolute Gasteiger partial charge is 0.404 e. The molecule has 1 fully saturated rings. The number of nitrogens with zero attached hydrogens (tertiary/aromatic N) is 5. The molecule has 0 unspecified atom stereocenters. The van der Waals surface area contributed by atoms with Crippen molar-refractivity contribution in [1.82, 2.24) is 15.0 Å². The summed E-state index contributed by atoms with van der Waals surface area (Å²) in [4.78, 5) is 21.1. The van der Waals surface area contributed by atoms with E-state index >= 15 is 0 Å². The van der Waals surface area contributed by atoms with Crippen LogP contribution in [0.2, 0.25) is 0 Å². The number of anilines is 1. The zero-order valence-corrected chi connectivity index (χ0v) is 17.5. The summed E-state index contributed by atoms with van der Waals surface area (Å²) in [5, 5.41) is 1.10. The number of fused-ring (bicyclic) bond motifs is 2. The topological polar surface area (TPSA) is 80.3 Å². The van der Waals surface area contributed by atoms with Crippen LogP contribution >= 0.6 is 0 Å². The molecule has 2 aromatic heterocycles. The highest BCUT2D eigenvalue weighted by Gasteiger charge is 2.22. The molecule has 6 heteroatoms. The number of hydrogen-bond donors (Lipinski definition) is 1. The maximum atomic E-state index is 5.89. The first-order chi connectivity index (χ1) is 14.6. The van der Waals surface area contributed by atoms with Crippen LogP contribution in [-0.4, -0.2) is 33.8 Å². The Hall–Kier alpha value is -3.28. The van der Waals surface area contributed by atoms with Gasteiger partial charge in [-0.1, -0.05) is 11.6 Å².